The Morgan fingerprint density at radius 3 is 2.37 bits per heavy atom. The number of ether oxygens (including phenoxy) is 1. The lowest BCUT2D eigenvalue weighted by Gasteiger charge is -2.32. The molecule has 1 saturated heterocycles. The minimum absolute atomic E-state index is 0.0580. The summed E-state index contributed by atoms with van der Waals surface area (Å²) in [5.41, 5.74) is 1.30. The number of nitrogens with one attached hydrogen (secondary N) is 2. The SMILES string of the molecule is COc1ccc(C(=O)N2CC[NH+](CCNC(=O)c3ccncc3)CC2)cc1. The summed E-state index contributed by atoms with van der Waals surface area (Å²) in [7, 11) is 1.61. The van der Waals surface area contributed by atoms with Gasteiger partial charge in [0.15, 0.2) is 0 Å². The molecule has 142 valence electrons. The molecule has 2 heterocycles. The summed E-state index contributed by atoms with van der Waals surface area (Å²) in [5, 5.41) is 2.94. The third-order valence-electron chi connectivity index (χ3n) is 4.80. The first kappa shape index (κ1) is 18.8. The summed E-state index contributed by atoms with van der Waals surface area (Å²) < 4.78 is 5.13. The predicted molar refractivity (Wildman–Crippen MR) is 101 cm³/mol. The van der Waals surface area contributed by atoms with E-state index in [1.165, 1.54) is 4.90 Å². The zero-order chi connectivity index (χ0) is 19.1. The maximum Gasteiger partial charge on any atom is 0.254 e. The van der Waals surface area contributed by atoms with Crippen molar-refractivity contribution in [2.75, 3.05) is 46.4 Å². The smallest absolute Gasteiger partial charge is 0.254 e. The van der Waals surface area contributed by atoms with Crippen molar-refractivity contribution in [3.8, 4) is 5.75 Å². The van der Waals surface area contributed by atoms with Gasteiger partial charge in [-0.2, -0.15) is 0 Å². The van der Waals surface area contributed by atoms with Crippen LogP contribution in [-0.4, -0.2) is 68.1 Å². The summed E-state index contributed by atoms with van der Waals surface area (Å²) in [6, 6.07) is 10.6. The minimum Gasteiger partial charge on any atom is -0.497 e. The summed E-state index contributed by atoms with van der Waals surface area (Å²) in [5.74, 6) is 0.724. The van der Waals surface area contributed by atoms with Gasteiger partial charge in [0.05, 0.1) is 46.4 Å². The topological polar surface area (TPSA) is 76.0 Å². The van der Waals surface area contributed by atoms with E-state index in [0.29, 0.717) is 17.7 Å². The highest BCUT2D eigenvalue weighted by Crippen LogP contribution is 2.13. The zero-order valence-electron chi connectivity index (χ0n) is 15.5. The first-order chi connectivity index (χ1) is 13.2. The number of piperazine rings is 1. The molecule has 1 aromatic heterocycles. The zero-order valence-corrected chi connectivity index (χ0v) is 15.5. The summed E-state index contributed by atoms with van der Waals surface area (Å²) in [6.45, 7) is 4.67. The van der Waals surface area contributed by atoms with Crippen molar-refractivity contribution < 1.29 is 19.2 Å². The molecule has 2 amide bonds. The molecule has 27 heavy (non-hydrogen) atoms. The second-order valence-electron chi connectivity index (χ2n) is 6.51. The highest BCUT2D eigenvalue weighted by Gasteiger charge is 2.24. The molecule has 0 aliphatic carbocycles. The normalized spacial score (nSPS) is 14.6. The Kier molecular flexibility index (Phi) is 6.38. The molecular weight excluding hydrogens is 344 g/mol. The van der Waals surface area contributed by atoms with Crippen LogP contribution in [0.15, 0.2) is 48.8 Å². The van der Waals surface area contributed by atoms with Gasteiger partial charge < -0.3 is 19.9 Å². The molecule has 0 atom stereocenters. The van der Waals surface area contributed by atoms with Crippen molar-refractivity contribution in [1.82, 2.24) is 15.2 Å². The van der Waals surface area contributed by atoms with Crippen LogP contribution in [0.4, 0.5) is 0 Å². The number of quaternary nitrogens is 1. The third kappa shape index (κ3) is 5.04. The molecule has 2 N–H and O–H groups in total. The van der Waals surface area contributed by atoms with Crippen LogP contribution < -0.4 is 15.0 Å². The molecule has 1 aromatic carbocycles. The van der Waals surface area contributed by atoms with Crippen molar-refractivity contribution in [3.63, 3.8) is 0 Å². The number of rotatable bonds is 6. The van der Waals surface area contributed by atoms with Crippen molar-refractivity contribution in [2.24, 2.45) is 0 Å². The number of hydrogen-bond donors (Lipinski definition) is 2. The Morgan fingerprint density at radius 1 is 1.07 bits per heavy atom. The molecule has 0 unspecified atom stereocenters. The average Bonchev–Trinajstić information content (AvgIpc) is 2.74. The predicted octanol–water partition coefficient (Wildman–Crippen LogP) is -0.139. The van der Waals surface area contributed by atoms with Crippen LogP contribution in [0.25, 0.3) is 0 Å². The van der Waals surface area contributed by atoms with Crippen molar-refractivity contribution in [3.05, 3.63) is 59.9 Å². The van der Waals surface area contributed by atoms with E-state index in [-0.39, 0.29) is 11.8 Å². The molecule has 1 aliphatic heterocycles. The van der Waals surface area contributed by atoms with Gasteiger partial charge in [-0.3, -0.25) is 14.6 Å². The maximum absolute atomic E-state index is 12.6. The molecule has 1 aliphatic rings. The van der Waals surface area contributed by atoms with Gasteiger partial charge in [-0.25, -0.2) is 0 Å². The van der Waals surface area contributed by atoms with E-state index in [1.807, 2.05) is 4.90 Å². The van der Waals surface area contributed by atoms with Crippen LogP contribution in [0.3, 0.4) is 0 Å². The first-order valence-corrected chi connectivity index (χ1v) is 9.12. The Morgan fingerprint density at radius 2 is 1.74 bits per heavy atom. The highest BCUT2D eigenvalue weighted by molar-refractivity contribution is 5.94. The van der Waals surface area contributed by atoms with E-state index in [4.69, 9.17) is 4.74 Å². The van der Waals surface area contributed by atoms with Crippen LogP contribution in [-0.2, 0) is 0 Å². The fraction of sp³-hybridized carbons (Fsp3) is 0.350. The van der Waals surface area contributed by atoms with Crippen LogP contribution in [0, 0.1) is 0 Å². The molecule has 7 nitrogen and oxygen atoms in total. The summed E-state index contributed by atoms with van der Waals surface area (Å²) in [4.78, 5) is 31.8. The third-order valence-corrected chi connectivity index (χ3v) is 4.80. The molecule has 2 aromatic rings. The Hall–Kier alpha value is -2.93. The molecule has 0 bridgehead atoms. The van der Waals surface area contributed by atoms with E-state index in [9.17, 15) is 9.59 Å². The summed E-state index contributed by atoms with van der Waals surface area (Å²) in [6.07, 6.45) is 3.22. The van der Waals surface area contributed by atoms with E-state index >= 15 is 0 Å². The minimum atomic E-state index is -0.0786. The standard InChI is InChI=1S/C20H24N4O3/c1-27-18-4-2-17(3-5-18)20(26)24-14-12-23(13-15-24)11-10-22-19(25)16-6-8-21-9-7-16/h2-9H,10-15H2,1H3,(H,22,25)/p+1. The van der Waals surface area contributed by atoms with Gasteiger partial charge in [0.2, 0.25) is 0 Å². The van der Waals surface area contributed by atoms with Gasteiger partial charge in [0.1, 0.15) is 5.75 Å². The molecule has 0 spiro atoms. The second-order valence-corrected chi connectivity index (χ2v) is 6.51. The van der Waals surface area contributed by atoms with Gasteiger partial charge in [-0.05, 0) is 36.4 Å². The Labute approximate surface area is 158 Å². The first-order valence-electron chi connectivity index (χ1n) is 9.12. The molecular formula is C20H25N4O3+. The van der Waals surface area contributed by atoms with Gasteiger partial charge in [0.25, 0.3) is 11.8 Å². The fourth-order valence-corrected chi connectivity index (χ4v) is 3.15. The lowest BCUT2D eigenvalue weighted by Crippen LogP contribution is -3.15. The van der Waals surface area contributed by atoms with Gasteiger partial charge in [-0.15, -0.1) is 0 Å². The highest BCUT2D eigenvalue weighted by atomic mass is 16.5. The molecule has 7 heteroatoms. The number of benzene rings is 1. The van der Waals surface area contributed by atoms with Gasteiger partial charge in [-0.1, -0.05) is 0 Å². The Balaban J connectivity index is 1.40. The maximum atomic E-state index is 12.6. The van der Waals surface area contributed by atoms with Gasteiger partial charge in [0, 0.05) is 23.5 Å². The monoisotopic (exact) mass is 369 g/mol. The fourth-order valence-electron chi connectivity index (χ4n) is 3.15. The van der Waals surface area contributed by atoms with Crippen LogP contribution >= 0.6 is 0 Å². The van der Waals surface area contributed by atoms with E-state index < -0.39 is 0 Å². The number of aromatic nitrogens is 1. The molecule has 3 rings (SSSR count). The van der Waals surface area contributed by atoms with Crippen molar-refractivity contribution >= 4 is 11.8 Å². The van der Waals surface area contributed by atoms with E-state index in [2.05, 4.69) is 10.3 Å². The van der Waals surface area contributed by atoms with Crippen molar-refractivity contribution in [2.45, 2.75) is 0 Å². The lowest BCUT2D eigenvalue weighted by atomic mass is 10.1. The number of methoxy groups -OCH3 is 1. The number of carbonyl (C=O) groups excluding carboxylic acids is 2. The largest absolute Gasteiger partial charge is 0.497 e. The molecule has 0 radical (unpaired) electrons. The second kappa shape index (κ2) is 9.14. The Bertz CT molecular complexity index is 757. The molecule has 0 saturated carbocycles. The lowest BCUT2D eigenvalue weighted by molar-refractivity contribution is -0.902. The van der Waals surface area contributed by atoms with E-state index in [1.54, 1.807) is 55.9 Å². The number of amides is 2. The van der Waals surface area contributed by atoms with Crippen LogP contribution in [0.1, 0.15) is 20.7 Å². The van der Waals surface area contributed by atoms with Crippen molar-refractivity contribution in [1.29, 1.82) is 0 Å². The van der Waals surface area contributed by atoms with Crippen LogP contribution in [0.2, 0.25) is 0 Å². The number of nitrogens with zero attached hydrogens (tertiary/aromatic N) is 2. The van der Waals surface area contributed by atoms with E-state index in [0.717, 1.165) is 38.5 Å². The number of hydrogen-bond acceptors (Lipinski definition) is 4. The van der Waals surface area contributed by atoms with Crippen LogP contribution in [0.5, 0.6) is 5.75 Å². The average molecular weight is 369 g/mol. The quantitative estimate of drug-likeness (QED) is 0.743. The number of pyridine rings is 1. The molecule has 1 fully saturated rings. The summed E-state index contributed by atoms with van der Waals surface area (Å²) >= 11 is 0. The van der Waals surface area contributed by atoms with Gasteiger partial charge >= 0.3 is 0 Å². The number of carbonyl (C=O) groups is 2.